The van der Waals surface area contributed by atoms with Crippen molar-refractivity contribution in [2.45, 2.75) is 33.2 Å². The smallest absolute Gasteiger partial charge is 0.223 e. The molecular weight excluding hydrogens is 314 g/mol. The first-order chi connectivity index (χ1) is 12.1. The van der Waals surface area contributed by atoms with E-state index in [0.29, 0.717) is 23.8 Å². The van der Waals surface area contributed by atoms with Crippen molar-refractivity contribution in [1.82, 2.24) is 15.1 Å². The number of rotatable bonds is 5. The average Bonchev–Trinajstić information content (AvgIpc) is 3.06. The standard InChI is InChI=1S/C19H19N5O/c1-12(2)18-16(17-7-13(3)24-25-17)11-22-19(23-18)21-10-15-6-4-5-14(8-15)9-20/h4-8,11-12H,10H2,1-3H3,(H,21,22,23). The van der Waals surface area contributed by atoms with Crippen LogP contribution < -0.4 is 5.32 Å². The molecule has 3 rings (SSSR count). The molecule has 2 heterocycles. The minimum atomic E-state index is 0.214. The Morgan fingerprint density at radius 2 is 2.12 bits per heavy atom. The summed E-state index contributed by atoms with van der Waals surface area (Å²) < 4.78 is 5.35. The highest BCUT2D eigenvalue weighted by atomic mass is 16.5. The third kappa shape index (κ3) is 3.83. The predicted molar refractivity (Wildman–Crippen MR) is 94.8 cm³/mol. The molecule has 6 nitrogen and oxygen atoms in total. The van der Waals surface area contributed by atoms with E-state index < -0.39 is 0 Å². The molecule has 2 aromatic heterocycles. The van der Waals surface area contributed by atoms with Crippen LogP contribution in [0, 0.1) is 18.3 Å². The number of hydrogen-bond acceptors (Lipinski definition) is 6. The van der Waals surface area contributed by atoms with E-state index in [-0.39, 0.29) is 5.92 Å². The Kier molecular flexibility index (Phi) is 4.75. The van der Waals surface area contributed by atoms with Crippen molar-refractivity contribution in [3.8, 4) is 17.4 Å². The van der Waals surface area contributed by atoms with E-state index in [0.717, 1.165) is 22.5 Å². The van der Waals surface area contributed by atoms with Crippen LogP contribution in [0.25, 0.3) is 11.3 Å². The Hall–Kier alpha value is -3.20. The van der Waals surface area contributed by atoms with Crippen LogP contribution in [0.5, 0.6) is 0 Å². The molecule has 0 atom stereocenters. The molecule has 25 heavy (non-hydrogen) atoms. The van der Waals surface area contributed by atoms with Crippen LogP contribution in [-0.4, -0.2) is 15.1 Å². The Morgan fingerprint density at radius 3 is 2.80 bits per heavy atom. The summed E-state index contributed by atoms with van der Waals surface area (Å²) in [7, 11) is 0. The lowest BCUT2D eigenvalue weighted by atomic mass is 10.0. The summed E-state index contributed by atoms with van der Waals surface area (Å²) in [6.07, 6.45) is 1.76. The van der Waals surface area contributed by atoms with Crippen molar-refractivity contribution in [2.75, 3.05) is 5.32 Å². The van der Waals surface area contributed by atoms with Crippen LogP contribution in [0.15, 0.2) is 41.1 Å². The first-order valence-corrected chi connectivity index (χ1v) is 8.10. The van der Waals surface area contributed by atoms with E-state index in [1.54, 1.807) is 12.3 Å². The van der Waals surface area contributed by atoms with Gasteiger partial charge < -0.3 is 9.84 Å². The molecule has 1 aromatic carbocycles. The summed E-state index contributed by atoms with van der Waals surface area (Å²) in [6, 6.07) is 11.5. The summed E-state index contributed by atoms with van der Waals surface area (Å²) in [6.45, 7) is 6.59. The number of aryl methyl sites for hydroxylation is 1. The highest BCUT2D eigenvalue weighted by Crippen LogP contribution is 2.28. The normalized spacial score (nSPS) is 10.7. The molecule has 0 radical (unpaired) electrons. The number of nitrogens with one attached hydrogen (secondary N) is 1. The lowest BCUT2D eigenvalue weighted by Crippen LogP contribution is -2.07. The molecule has 0 aliphatic rings. The molecule has 6 heteroatoms. The van der Waals surface area contributed by atoms with Crippen molar-refractivity contribution in [3.05, 3.63) is 59.0 Å². The van der Waals surface area contributed by atoms with Crippen molar-refractivity contribution in [2.24, 2.45) is 0 Å². The lowest BCUT2D eigenvalue weighted by Gasteiger charge is -2.12. The summed E-state index contributed by atoms with van der Waals surface area (Å²) >= 11 is 0. The molecule has 0 amide bonds. The van der Waals surface area contributed by atoms with E-state index >= 15 is 0 Å². The molecule has 126 valence electrons. The van der Waals surface area contributed by atoms with E-state index in [9.17, 15) is 0 Å². The van der Waals surface area contributed by atoms with Crippen LogP contribution in [0.4, 0.5) is 5.95 Å². The van der Waals surface area contributed by atoms with Crippen LogP contribution >= 0.6 is 0 Å². The quantitative estimate of drug-likeness (QED) is 0.758. The van der Waals surface area contributed by atoms with Gasteiger partial charge in [-0.15, -0.1) is 0 Å². The van der Waals surface area contributed by atoms with Gasteiger partial charge in [0.15, 0.2) is 5.76 Å². The first kappa shape index (κ1) is 16.7. The highest BCUT2D eigenvalue weighted by Gasteiger charge is 2.16. The maximum Gasteiger partial charge on any atom is 0.223 e. The number of anilines is 1. The zero-order valence-corrected chi connectivity index (χ0v) is 14.4. The molecule has 0 aliphatic heterocycles. The van der Waals surface area contributed by atoms with Gasteiger partial charge in [0, 0.05) is 18.8 Å². The lowest BCUT2D eigenvalue weighted by molar-refractivity contribution is 0.426. The molecule has 0 spiro atoms. The van der Waals surface area contributed by atoms with Gasteiger partial charge in [0.1, 0.15) is 0 Å². The van der Waals surface area contributed by atoms with Gasteiger partial charge in [-0.1, -0.05) is 31.1 Å². The van der Waals surface area contributed by atoms with Crippen molar-refractivity contribution in [3.63, 3.8) is 0 Å². The van der Waals surface area contributed by atoms with Crippen LogP contribution in [-0.2, 0) is 6.54 Å². The van der Waals surface area contributed by atoms with Gasteiger partial charge in [-0.3, -0.25) is 0 Å². The topological polar surface area (TPSA) is 87.6 Å². The maximum absolute atomic E-state index is 8.98. The maximum atomic E-state index is 8.98. The fraction of sp³-hybridized carbons (Fsp3) is 0.263. The number of benzene rings is 1. The Labute approximate surface area is 146 Å². The molecule has 0 bridgehead atoms. The summed E-state index contributed by atoms with van der Waals surface area (Å²) in [5.74, 6) is 1.44. The minimum Gasteiger partial charge on any atom is -0.356 e. The van der Waals surface area contributed by atoms with Crippen molar-refractivity contribution < 1.29 is 4.52 Å². The second-order valence-corrected chi connectivity index (χ2v) is 6.15. The average molecular weight is 333 g/mol. The molecule has 0 saturated carbocycles. The SMILES string of the molecule is Cc1cc(-c2cnc(NCc3cccc(C#N)c3)nc2C(C)C)on1. The second-order valence-electron chi connectivity index (χ2n) is 6.15. The summed E-state index contributed by atoms with van der Waals surface area (Å²) in [5, 5.41) is 16.1. The van der Waals surface area contributed by atoms with Gasteiger partial charge in [-0.25, -0.2) is 9.97 Å². The Bertz CT molecular complexity index is 924. The van der Waals surface area contributed by atoms with Crippen molar-refractivity contribution >= 4 is 5.95 Å². The monoisotopic (exact) mass is 333 g/mol. The third-order valence-corrected chi connectivity index (χ3v) is 3.77. The van der Waals surface area contributed by atoms with Gasteiger partial charge in [0.25, 0.3) is 0 Å². The van der Waals surface area contributed by atoms with Gasteiger partial charge >= 0.3 is 0 Å². The third-order valence-electron chi connectivity index (χ3n) is 3.77. The second kappa shape index (κ2) is 7.14. The van der Waals surface area contributed by atoms with E-state index in [4.69, 9.17) is 9.78 Å². The van der Waals surface area contributed by atoms with E-state index in [1.165, 1.54) is 0 Å². The largest absolute Gasteiger partial charge is 0.356 e. The minimum absolute atomic E-state index is 0.214. The molecule has 0 aliphatic carbocycles. The van der Waals surface area contributed by atoms with Gasteiger partial charge in [-0.2, -0.15) is 5.26 Å². The highest BCUT2D eigenvalue weighted by molar-refractivity contribution is 5.61. The van der Waals surface area contributed by atoms with Crippen molar-refractivity contribution in [1.29, 1.82) is 5.26 Å². The number of nitriles is 1. The molecule has 3 aromatic rings. The number of hydrogen-bond donors (Lipinski definition) is 1. The predicted octanol–water partition coefficient (Wildman–Crippen LogP) is 4.05. The van der Waals surface area contributed by atoms with Crippen LogP contribution in [0.1, 0.15) is 42.3 Å². The molecule has 1 N–H and O–H groups in total. The molecule has 0 saturated heterocycles. The number of aromatic nitrogens is 3. The fourth-order valence-corrected chi connectivity index (χ4v) is 2.53. The summed E-state index contributed by atoms with van der Waals surface area (Å²) in [4.78, 5) is 9.03. The zero-order valence-electron chi connectivity index (χ0n) is 14.4. The summed E-state index contributed by atoms with van der Waals surface area (Å²) in [5.41, 5.74) is 4.22. The van der Waals surface area contributed by atoms with Gasteiger partial charge in [0.05, 0.1) is 28.6 Å². The molecular formula is C19H19N5O. The first-order valence-electron chi connectivity index (χ1n) is 8.10. The molecule has 0 fully saturated rings. The van der Waals surface area contributed by atoms with Crippen LogP contribution in [0.2, 0.25) is 0 Å². The van der Waals surface area contributed by atoms with E-state index in [1.807, 2.05) is 31.2 Å². The van der Waals surface area contributed by atoms with Gasteiger partial charge in [-0.05, 0) is 30.5 Å². The van der Waals surface area contributed by atoms with Crippen LogP contribution in [0.3, 0.4) is 0 Å². The van der Waals surface area contributed by atoms with Gasteiger partial charge in [0.2, 0.25) is 5.95 Å². The Balaban J connectivity index is 1.83. The number of nitrogens with zero attached hydrogens (tertiary/aromatic N) is 4. The van der Waals surface area contributed by atoms with E-state index in [2.05, 4.69) is 40.4 Å². The zero-order chi connectivity index (χ0) is 17.8. The fourth-order valence-electron chi connectivity index (χ4n) is 2.53. The Morgan fingerprint density at radius 1 is 1.28 bits per heavy atom. The molecule has 0 unspecified atom stereocenters.